The molecule has 76 valence electrons. The van der Waals surface area contributed by atoms with Crippen LogP contribution >= 0.6 is 0 Å². The Hall–Kier alpha value is -1.11. The number of ketones is 1. The van der Waals surface area contributed by atoms with Gasteiger partial charge in [0.15, 0.2) is 5.78 Å². The van der Waals surface area contributed by atoms with Crippen molar-refractivity contribution >= 4 is 5.78 Å². The number of carbonyl (C=O) groups is 1. The fourth-order valence-corrected chi connectivity index (χ4v) is 1.69. The van der Waals surface area contributed by atoms with Gasteiger partial charge in [-0.2, -0.15) is 0 Å². The van der Waals surface area contributed by atoms with Gasteiger partial charge in [-0.3, -0.25) is 4.79 Å². The molecule has 1 rings (SSSR count). The SMILES string of the molecule is CCCc1cc(C(C)=O)ccc1CC. The largest absolute Gasteiger partial charge is 0.295 e. The summed E-state index contributed by atoms with van der Waals surface area (Å²) in [6, 6.07) is 6.06. The van der Waals surface area contributed by atoms with Crippen molar-refractivity contribution in [3.05, 3.63) is 34.9 Å². The molecule has 0 aromatic heterocycles. The van der Waals surface area contributed by atoms with Crippen LogP contribution in [0.4, 0.5) is 0 Å². The molecule has 0 bridgehead atoms. The van der Waals surface area contributed by atoms with Crippen LogP contribution in [0, 0.1) is 0 Å². The Morgan fingerprint density at radius 1 is 1.21 bits per heavy atom. The number of Topliss-reactive ketones (excluding diaryl/α,β-unsaturated/α-hetero) is 1. The van der Waals surface area contributed by atoms with Crippen molar-refractivity contribution in [3.63, 3.8) is 0 Å². The lowest BCUT2D eigenvalue weighted by Gasteiger charge is -2.08. The first kappa shape index (κ1) is 11.0. The van der Waals surface area contributed by atoms with E-state index in [1.165, 1.54) is 11.1 Å². The summed E-state index contributed by atoms with van der Waals surface area (Å²) < 4.78 is 0. The minimum atomic E-state index is 0.157. The zero-order valence-electron chi connectivity index (χ0n) is 9.26. The highest BCUT2D eigenvalue weighted by molar-refractivity contribution is 5.94. The second-order valence-electron chi connectivity index (χ2n) is 3.64. The zero-order valence-corrected chi connectivity index (χ0v) is 9.26. The summed E-state index contributed by atoms with van der Waals surface area (Å²) in [6.07, 6.45) is 3.26. The van der Waals surface area contributed by atoms with Gasteiger partial charge in [0.1, 0.15) is 0 Å². The predicted molar refractivity (Wildman–Crippen MR) is 59.8 cm³/mol. The van der Waals surface area contributed by atoms with Crippen molar-refractivity contribution in [3.8, 4) is 0 Å². The third kappa shape index (κ3) is 2.44. The average molecular weight is 190 g/mol. The van der Waals surface area contributed by atoms with Crippen LogP contribution in [0.15, 0.2) is 18.2 Å². The molecule has 0 aliphatic heterocycles. The van der Waals surface area contributed by atoms with E-state index in [1.807, 2.05) is 12.1 Å². The first-order chi connectivity index (χ1) is 6.69. The number of carbonyl (C=O) groups excluding carboxylic acids is 1. The molecule has 1 aromatic rings. The molecular weight excluding hydrogens is 172 g/mol. The molecular formula is C13H18O. The van der Waals surface area contributed by atoms with Gasteiger partial charge in [0.25, 0.3) is 0 Å². The van der Waals surface area contributed by atoms with E-state index in [0.717, 1.165) is 24.8 Å². The first-order valence-electron chi connectivity index (χ1n) is 5.31. The lowest BCUT2D eigenvalue weighted by Crippen LogP contribution is -1.98. The van der Waals surface area contributed by atoms with Gasteiger partial charge in [-0.1, -0.05) is 32.4 Å². The lowest BCUT2D eigenvalue weighted by molar-refractivity contribution is 0.101. The van der Waals surface area contributed by atoms with E-state index in [0.29, 0.717) is 0 Å². The van der Waals surface area contributed by atoms with Crippen molar-refractivity contribution in [2.75, 3.05) is 0 Å². The van der Waals surface area contributed by atoms with E-state index < -0.39 is 0 Å². The number of hydrogen-bond donors (Lipinski definition) is 0. The van der Waals surface area contributed by atoms with Crippen molar-refractivity contribution in [1.82, 2.24) is 0 Å². The quantitative estimate of drug-likeness (QED) is 0.665. The first-order valence-corrected chi connectivity index (χ1v) is 5.31. The summed E-state index contributed by atoms with van der Waals surface area (Å²) in [5.74, 6) is 0.157. The van der Waals surface area contributed by atoms with Crippen LogP contribution in [0.1, 0.15) is 48.7 Å². The molecule has 0 atom stereocenters. The van der Waals surface area contributed by atoms with Crippen molar-refractivity contribution in [2.24, 2.45) is 0 Å². The molecule has 1 nitrogen and oxygen atoms in total. The zero-order chi connectivity index (χ0) is 10.6. The van der Waals surface area contributed by atoms with E-state index >= 15 is 0 Å². The molecule has 0 aliphatic rings. The molecule has 0 unspecified atom stereocenters. The third-order valence-electron chi connectivity index (χ3n) is 2.51. The van der Waals surface area contributed by atoms with Gasteiger partial charge in [0.2, 0.25) is 0 Å². The molecule has 0 saturated heterocycles. The molecule has 1 aromatic carbocycles. The second-order valence-corrected chi connectivity index (χ2v) is 3.64. The molecule has 0 spiro atoms. The Morgan fingerprint density at radius 3 is 2.43 bits per heavy atom. The third-order valence-corrected chi connectivity index (χ3v) is 2.51. The topological polar surface area (TPSA) is 17.1 Å². The monoisotopic (exact) mass is 190 g/mol. The van der Waals surface area contributed by atoms with Gasteiger partial charge in [0, 0.05) is 5.56 Å². The van der Waals surface area contributed by atoms with Gasteiger partial charge in [-0.05, 0) is 37.0 Å². The summed E-state index contributed by atoms with van der Waals surface area (Å²) >= 11 is 0. The van der Waals surface area contributed by atoms with E-state index in [4.69, 9.17) is 0 Å². The number of benzene rings is 1. The number of hydrogen-bond acceptors (Lipinski definition) is 1. The smallest absolute Gasteiger partial charge is 0.159 e. The Morgan fingerprint density at radius 2 is 1.93 bits per heavy atom. The standard InChI is InChI=1S/C13H18O/c1-4-6-13-9-12(10(3)14)8-7-11(13)5-2/h7-9H,4-6H2,1-3H3. The molecule has 0 aliphatic carbocycles. The highest BCUT2D eigenvalue weighted by atomic mass is 16.1. The molecule has 0 fully saturated rings. The van der Waals surface area contributed by atoms with E-state index in [9.17, 15) is 4.79 Å². The van der Waals surface area contributed by atoms with Gasteiger partial charge in [-0.25, -0.2) is 0 Å². The average Bonchev–Trinajstić information content (AvgIpc) is 2.18. The van der Waals surface area contributed by atoms with E-state index in [1.54, 1.807) is 6.92 Å². The highest BCUT2D eigenvalue weighted by Crippen LogP contribution is 2.15. The molecule has 0 N–H and O–H groups in total. The summed E-state index contributed by atoms with van der Waals surface area (Å²) in [5, 5.41) is 0. The molecule has 0 heterocycles. The van der Waals surface area contributed by atoms with Crippen LogP contribution in [0.5, 0.6) is 0 Å². The van der Waals surface area contributed by atoms with Crippen LogP contribution in [-0.4, -0.2) is 5.78 Å². The van der Waals surface area contributed by atoms with Crippen LogP contribution in [0.25, 0.3) is 0 Å². The van der Waals surface area contributed by atoms with Gasteiger partial charge < -0.3 is 0 Å². The van der Waals surface area contributed by atoms with Crippen molar-refractivity contribution in [2.45, 2.75) is 40.0 Å². The number of aryl methyl sites for hydroxylation is 2. The second kappa shape index (κ2) is 4.94. The summed E-state index contributed by atoms with van der Waals surface area (Å²) in [5.41, 5.74) is 3.55. The maximum Gasteiger partial charge on any atom is 0.159 e. The normalized spacial score (nSPS) is 10.2. The fraction of sp³-hybridized carbons (Fsp3) is 0.462. The number of rotatable bonds is 4. The highest BCUT2D eigenvalue weighted by Gasteiger charge is 2.04. The van der Waals surface area contributed by atoms with Crippen molar-refractivity contribution in [1.29, 1.82) is 0 Å². The van der Waals surface area contributed by atoms with Crippen molar-refractivity contribution < 1.29 is 4.79 Å². The Balaban J connectivity index is 3.07. The van der Waals surface area contributed by atoms with Crippen LogP contribution in [0.2, 0.25) is 0 Å². The lowest BCUT2D eigenvalue weighted by atomic mass is 9.97. The summed E-state index contributed by atoms with van der Waals surface area (Å²) in [4.78, 5) is 11.2. The maximum atomic E-state index is 11.2. The summed E-state index contributed by atoms with van der Waals surface area (Å²) in [6.45, 7) is 5.94. The molecule has 14 heavy (non-hydrogen) atoms. The molecule has 0 amide bonds. The van der Waals surface area contributed by atoms with Crippen LogP contribution in [-0.2, 0) is 12.8 Å². The minimum absolute atomic E-state index is 0.157. The van der Waals surface area contributed by atoms with E-state index in [2.05, 4.69) is 19.9 Å². The van der Waals surface area contributed by atoms with Crippen LogP contribution < -0.4 is 0 Å². The van der Waals surface area contributed by atoms with Gasteiger partial charge in [0.05, 0.1) is 0 Å². The summed E-state index contributed by atoms with van der Waals surface area (Å²) in [7, 11) is 0. The fourth-order valence-electron chi connectivity index (χ4n) is 1.69. The van der Waals surface area contributed by atoms with Gasteiger partial charge in [-0.15, -0.1) is 0 Å². The molecule has 0 radical (unpaired) electrons. The Kier molecular flexibility index (Phi) is 3.87. The molecule has 1 heteroatoms. The Bertz CT molecular complexity index is 326. The Labute approximate surface area is 86.1 Å². The molecule has 0 saturated carbocycles. The van der Waals surface area contributed by atoms with Crippen LogP contribution in [0.3, 0.4) is 0 Å². The maximum absolute atomic E-state index is 11.2. The minimum Gasteiger partial charge on any atom is -0.295 e. The van der Waals surface area contributed by atoms with E-state index in [-0.39, 0.29) is 5.78 Å². The van der Waals surface area contributed by atoms with Gasteiger partial charge >= 0.3 is 0 Å². The predicted octanol–water partition coefficient (Wildman–Crippen LogP) is 3.40.